The molecule has 0 aromatic heterocycles. The monoisotopic (exact) mass is 298 g/mol. The molecule has 2 aliphatic rings. The van der Waals surface area contributed by atoms with E-state index in [2.05, 4.69) is 0 Å². The van der Waals surface area contributed by atoms with Crippen LogP contribution in [0.15, 0.2) is 0 Å². The van der Waals surface area contributed by atoms with Crippen LogP contribution in [0.4, 0.5) is 4.79 Å². The van der Waals surface area contributed by atoms with Gasteiger partial charge in [-0.25, -0.2) is 9.59 Å². The molecule has 0 unspecified atom stereocenters. The van der Waals surface area contributed by atoms with Crippen molar-refractivity contribution in [2.24, 2.45) is 0 Å². The van der Waals surface area contributed by atoms with Gasteiger partial charge in [0.1, 0.15) is 12.2 Å². The predicted octanol–water partition coefficient (Wildman–Crippen LogP) is 1.94. The van der Waals surface area contributed by atoms with Crippen molar-refractivity contribution in [2.75, 3.05) is 26.7 Å². The summed E-state index contributed by atoms with van der Waals surface area (Å²) in [5, 5.41) is 8.64. The molecule has 0 spiro atoms. The van der Waals surface area contributed by atoms with Gasteiger partial charge in [-0.1, -0.05) is 25.7 Å². The number of carboxylic acids is 1. The Balaban J connectivity index is 1.80. The number of carboxylic acid groups (broad SMARTS) is 1. The van der Waals surface area contributed by atoms with Crippen molar-refractivity contribution < 1.29 is 19.4 Å². The second-order valence-electron chi connectivity index (χ2n) is 6.53. The fourth-order valence-electron chi connectivity index (χ4n) is 3.25. The third-order valence-corrected chi connectivity index (χ3v) is 4.54. The van der Waals surface area contributed by atoms with Crippen molar-refractivity contribution in [2.45, 2.75) is 57.1 Å². The third-order valence-electron chi connectivity index (χ3n) is 4.54. The van der Waals surface area contributed by atoms with Gasteiger partial charge < -0.3 is 19.6 Å². The summed E-state index contributed by atoms with van der Waals surface area (Å²) in [6.45, 7) is 2.48. The summed E-state index contributed by atoms with van der Waals surface area (Å²) in [7, 11) is 1.88. The number of urea groups is 1. The van der Waals surface area contributed by atoms with E-state index in [0.717, 1.165) is 12.8 Å². The summed E-state index contributed by atoms with van der Waals surface area (Å²) in [4.78, 5) is 26.6. The molecule has 0 radical (unpaired) electrons. The SMILES string of the molecule is CN(C(=O)N1CC(C)(OCC(=O)O)C1)C1CCCCCC1. The first-order valence-electron chi connectivity index (χ1n) is 7.79. The average Bonchev–Trinajstić information content (AvgIpc) is 2.69. The van der Waals surface area contributed by atoms with Gasteiger partial charge in [-0.05, 0) is 19.8 Å². The third kappa shape index (κ3) is 4.09. The van der Waals surface area contributed by atoms with Crippen LogP contribution in [0.1, 0.15) is 45.4 Å². The Morgan fingerprint density at radius 3 is 2.33 bits per heavy atom. The standard InChI is InChI=1S/C15H26N2O4/c1-15(21-9-13(18)19)10-17(11-15)14(20)16(2)12-7-5-3-4-6-8-12/h12H,3-11H2,1-2H3,(H,18,19). The molecule has 2 rings (SSSR count). The highest BCUT2D eigenvalue weighted by Gasteiger charge is 2.44. The second kappa shape index (κ2) is 6.64. The predicted molar refractivity (Wildman–Crippen MR) is 78.2 cm³/mol. The summed E-state index contributed by atoms with van der Waals surface area (Å²) in [6.07, 6.45) is 7.10. The van der Waals surface area contributed by atoms with Gasteiger partial charge in [-0.15, -0.1) is 0 Å². The van der Waals surface area contributed by atoms with Crippen molar-refractivity contribution in [3.63, 3.8) is 0 Å². The zero-order valence-corrected chi connectivity index (χ0v) is 13.0. The summed E-state index contributed by atoms with van der Waals surface area (Å²) < 4.78 is 5.34. The molecule has 0 atom stereocenters. The number of carbonyl (C=O) groups is 2. The summed E-state index contributed by atoms with van der Waals surface area (Å²) in [5.41, 5.74) is -0.516. The normalized spacial score (nSPS) is 22.3. The Bertz CT molecular complexity index is 385. The van der Waals surface area contributed by atoms with Crippen molar-refractivity contribution in [1.82, 2.24) is 9.80 Å². The zero-order chi connectivity index (χ0) is 15.5. The number of hydrogen-bond donors (Lipinski definition) is 1. The number of nitrogens with zero attached hydrogens (tertiary/aromatic N) is 2. The molecule has 2 fully saturated rings. The molecule has 1 aliphatic carbocycles. The number of hydrogen-bond acceptors (Lipinski definition) is 3. The molecule has 1 heterocycles. The molecule has 120 valence electrons. The Kier molecular flexibility index (Phi) is 5.08. The van der Waals surface area contributed by atoms with E-state index in [1.165, 1.54) is 25.7 Å². The van der Waals surface area contributed by atoms with Gasteiger partial charge in [0, 0.05) is 13.1 Å². The lowest BCUT2D eigenvalue weighted by Gasteiger charge is -2.49. The maximum absolute atomic E-state index is 12.4. The molecule has 1 saturated carbocycles. The number of likely N-dealkylation sites (tertiary alicyclic amines) is 1. The lowest BCUT2D eigenvalue weighted by atomic mass is 9.96. The molecule has 6 nitrogen and oxygen atoms in total. The largest absolute Gasteiger partial charge is 0.480 e. The van der Waals surface area contributed by atoms with Gasteiger partial charge in [-0.2, -0.15) is 0 Å². The molecule has 6 heteroatoms. The van der Waals surface area contributed by atoms with Crippen LogP contribution >= 0.6 is 0 Å². The van der Waals surface area contributed by atoms with E-state index in [1.807, 2.05) is 18.9 Å². The van der Waals surface area contributed by atoms with Crippen LogP contribution < -0.4 is 0 Å². The van der Waals surface area contributed by atoms with E-state index in [4.69, 9.17) is 9.84 Å². The second-order valence-corrected chi connectivity index (χ2v) is 6.53. The maximum atomic E-state index is 12.4. The Morgan fingerprint density at radius 1 is 1.24 bits per heavy atom. The minimum atomic E-state index is -0.975. The van der Waals surface area contributed by atoms with Crippen LogP contribution in [0.3, 0.4) is 0 Å². The van der Waals surface area contributed by atoms with E-state index in [1.54, 1.807) is 4.90 Å². The highest BCUT2D eigenvalue weighted by molar-refractivity contribution is 5.76. The first kappa shape index (κ1) is 16.1. The van der Waals surface area contributed by atoms with E-state index < -0.39 is 11.6 Å². The Labute approximate surface area is 126 Å². The minimum absolute atomic E-state index is 0.0401. The number of aliphatic carboxylic acids is 1. The first-order chi connectivity index (χ1) is 9.91. The van der Waals surface area contributed by atoms with Gasteiger partial charge in [0.15, 0.2) is 0 Å². The van der Waals surface area contributed by atoms with Crippen LogP contribution in [0.2, 0.25) is 0 Å². The lowest BCUT2D eigenvalue weighted by molar-refractivity contribution is -0.160. The van der Waals surface area contributed by atoms with Crippen molar-refractivity contribution in [3.8, 4) is 0 Å². The summed E-state index contributed by atoms with van der Waals surface area (Å²) >= 11 is 0. The molecular weight excluding hydrogens is 272 g/mol. The molecule has 1 aliphatic heterocycles. The molecule has 0 bridgehead atoms. The van der Waals surface area contributed by atoms with Crippen LogP contribution in [0, 0.1) is 0 Å². The van der Waals surface area contributed by atoms with Gasteiger partial charge >= 0.3 is 12.0 Å². The number of amides is 2. The van der Waals surface area contributed by atoms with Crippen molar-refractivity contribution in [1.29, 1.82) is 0 Å². The van der Waals surface area contributed by atoms with E-state index >= 15 is 0 Å². The number of ether oxygens (including phenoxy) is 1. The smallest absolute Gasteiger partial charge is 0.329 e. The molecule has 2 amide bonds. The number of carbonyl (C=O) groups excluding carboxylic acids is 1. The molecule has 1 saturated heterocycles. The van der Waals surface area contributed by atoms with Crippen LogP contribution in [0.25, 0.3) is 0 Å². The average molecular weight is 298 g/mol. The van der Waals surface area contributed by atoms with Gasteiger partial charge in [0.2, 0.25) is 0 Å². The first-order valence-corrected chi connectivity index (χ1v) is 7.79. The Morgan fingerprint density at radius 2 is 1.81 bits per heavy atom. The van der Waals surface area contributed by atoms with Gasteiger partial charge in [-0.3, -0.25) is 0 Å². The topological polar surface area (TPSA) is 70.1 Å². The fraction of sp³-hybridized carbons (Fsp3) is 0.867. The fourth-order valence-corrected chi connectivity index (χ4v) is 3.25. The van der Waals surface area contributed by atoms with E-state index in [-0.39, 0.29) is 12.6 Å². The molecule has 0 aromatic rings. The van der Waals surface area contributed by atoms with Crippen LogP contribution in [-0.4, -0.2) is 65.3 Å². The summed E-state index contributed by atoms with van der Waals surface area (Å²) in [5.74, 6) is -0.975. The maximum Gasteiger partial charge on any atom is 0.329 e. The van der Waals surface area contributed by atoms with Gasteiger partial charge in [0.05, 0.1) is 13.1 Å². The minimum Gasteiger partial charge on any atom is -0.480 e. The van der Waals surface area contributed by atoms with Crippen molar-refractivity contribution >= 4 is 12.0 Å². The Hall–Kier alpha value is -1.30. The molecule has 0 aromatic carbocycles. The quantitative estimate of drug-likeness (QED) is 0.805. The molecular formula is C15H26N2O4. The van der Waals surface area contributed by atoms with E-state index in [0.29, 0.717) is 19.1 Å². The highest BCUT2D eigenvalue weighted by atomic mass is 16.5. The lowest BCUT2D eigenvalue weighted by Crippen LogP contribution is -2.66. The molecule has 1 N–H and O–H groups in total. The summed E-state index contributed by atoms with van der Waals surface area (Å²) in [6, 6.07) is 0.380. The van der Waals surface area contributed by atoms with Crippen LogP contribution in [-0.2, 0) is 9.53 Å². The molecule has 21 heavy (non-hydrogen) atoms. The number of rotatable bonds is 4. The van der Waals surface area contributed by atoms with E-state index in [9.17, 15) is 9.59 Å². The zero-order valence-electron chi connectivity index (χ0n) is 13.0. The van der Waals surface area contributed by atoms with Crippen molar-refractivity contribution in [3.05, 3.63) is 0 Å². The van der Waals surface area contributed by atoms with Gasteiger partial charge in [0.25, 0.3) is 0 Å². The highest BCUT2D eigenvalue weighted by Crippen LogP contribution is 2.28. The van der Waals surface area contributed by atoms with Crippen LogP contribution in [0.5, 0.6) is 0 Å².